The number of piperidine rings is 1. The van der Waals surface area contributed by atoms with Gasteiger partial charge in [0.05, 0.1) is 18.7 Å². The molecule has 1 aromatic heterocycles. The second kappa shape index (κ2) is 6.55. The summed E-state index contributed by atoms with van der Waals surface area (Å²) in [6, 6.07) is 0. The van der Waals surface area contributed by atoms with Crippen LogP contribution in [-0.4, -0.2) is 58.1 Å². The van der Waals surface area contributed by atoms with E-state index in [0.29, 0.717) is 19.5 Å². The fraction of sp³-hybridized carbons (Fsp3) is 0.706. The lowest BCUT2D eigenvalue weighted by Gasteiger charge is -2.38. The van der Waals surface area contributed by atoms with Gasteiger partial charge < -0.3 is 19.4 Å². The van der Waals surface area contributed by atoms with E-state index in [1.54, 1.807) is 0 Å². The van der Waals surface area contributed by atoms with Crippen LogP contribution < -0.4 is 0 Å². The first-order chi connectivity index (χ1) is 11.4. The normalized spacial score (nSPS) is 20.9. The fourth-order valence-electron chi connectivity index (χ4n) is 3.88. The summed E-state index contributed by atoms with van der Waals surface area (Å²) in [5.41, 5.74) is 1.92. The average Bonchev–Trinajstić information content (AvgIpc) is 3.01. The number of nitrogens with zero attached hydrogens (tertiary/aromatic N) is 3. The van der Waals surface area contributed by atoms with Crippen molar-refractivity contribution in [1.82, 2.24) is 15.0 Å². The zero-order valence-electron chi connectivity index (χ0n) is 14.4. The topological polar surface area (TPSA) is 86.9 Å². The van der Waals surface area contributed by atoms with E-state index in [1.807, 2.05) is 18.7 Å². The number of hydrogen-bond acceptors (Lipinski definition) is 5. The van der Waals surface area contributed by atoms with Gasteiger partial charge in [-0.15, -0.1) is 0 Å². The van der Waals surface area contributed by atoms with E-state index in [2.05, 4.69) is 10.1 Å². The van der Waals surface area contributed by atoms with Crippen LogP contribution in [0.15, 0.2) is 4.52 Å². The monoisotopic (exact) mass is 335 g/mol. The lowest BCUT2D eigenvalue weighted by molar-refractivity contribution is -0.137. The van der Waals surface area contributed by atoms with Crippen LogP contribution in [0.4, 0.5) is 0 Å². The van der Waals surface area contributed by atoms with Crippen molar-refractivity contribution < 1.29 is 19.2 Å². The summed E-state index contributed by atoms with van der Waals surface area (Å²) < 4.78 is 5.20. The number of carboxylic acids is 1. The van der Waals surface area contributed by atoms with Crippen LogP contribution in [0, 0.1) is 19.3 Å². The maximum absolute atomic E-state index is 12.5. The molecule has 3 heterocycles. The van der Waals surface area contributed by atoms with E-state index in [-0.39, 0.29) is 17.7 Å². The molecule has 132 valence electrons. The number of aliphatic carboxylic acids is 1. The van der Waals surface area contributed by atoms with Crippen molar-refractivity contribution in [3.8, 4) is 0 Å². The SMILES string of the molecule is Cc1noc(C)c1CN1CC2(CCN(CCC(=O)O)CC2)CC1=O. The Hall–Kier alpha value is -1.89. The van der Waals surface area contributed by atoms with E-state index in [4.69, 9.17) is 9.63 Å². The van der Waals surface area contributed by atoms with Crippen molar-refractivity contribution in [3.05, 3.63) is 17.0 Å². The molecular formula is C17H25N3O4. The minimum Gasteiger partial charge on any atom is -0.481 e. The van der Waals surface area contributed by atoms with Crippen molar-refractivity contribution >= 4 is 11.9 Å². The molecule has 0 bridgehead atoms. The zero-order valence-corrected chi connectivity index (χ0v) is 14.4. The lowest BCUT2D eigenvalue weighted by Crippen LogP contribution is -2.42. The molecule has 2 aliphatic heterocycles. The van der Waals surface area contributed by atoms with Gasteiger partial charge in [-0.2, -0.15) is 0 Å². The van der Waals surface area contributed by atoms with Gasteiger partial charge in [0.15, 0.2) is 0 Å². The fourth-order valence-corrected chi connectivity index (χ4v) is 3.88. The number of aromatic nitrogens is 1. The van der Waals surface area contributed by atoms with Crippen LogP contribution in [0.5, 0.6) is 0 Å². The molecule has 0 unspecified atom stereocenters. The van der Waals surface area contributed by atoms with E-state index >= 15 is 0 Å². The number of amides is 1. The summed E-state index contributed by atoms with van der Waals surface area (Å²) in [5, 5.41) is 12.8. The number of rotatable bonds is 5. The molecule has 0 atom stereocenters. The Bertz CT molecular complexity index is 612. The molecule has 7 nitrogen and oxygen atoms in total. The Morgan fingerprint density at radius 1 is 1.33 bits per heavy atom. The Labute approximate surface area is 141 Å². The van der Waals surface area contributed by atoms with Crippen LogP contribution in [0.1, 0.15) is 42.7 Å². The molecule has 0 aromatic carbocycles. The molecule has 3 rings (SSSR count). The summed E-state index contributed by atoms with van der Waals surface area (Å²) >= 11 is 0. The highest BCUT2D eigenvalue weighted by Gasteiger charge is 2.44. The summed E-state index contributed by atoms with van der Waals surface area (Å²) in [5.74, 6) is 0.232. The molecule has 2 aliphatic rings. The van der Waals surface area contributed by atoms with Crippen molar-refractivity contribution in [2.24, 2.45) is 5.41 Å². The van der Waals surface area contributed by atoms with Gasteiger partial charge in [0.2, 0.25) is 5.91 Å². The van der Waals surface area contributed by atoms with Crippen LogP contribution in [0.2, 0.25) is 0 Å². The molecule has 1 N–H and O–H groups in total. The molecule has 7 heteroatoms. The number of likely N-dealkylation sites (tertiary alicyclic amines) is 2. The number of hydrogen-bond donors (Lipinski definition) is 1. The first-order valence-electron chi connectivity index (χ1n) is 8.52. The third kappa shape index (κ3) is 3.45. The molecule has 2 fully saturated rings. The van der Waals surface area contributed by atoms with Crippen LogP contribution in [0.25, 0.3) is 0 Å². The highest BCUT2D eigenvalue weighted by Crippen LogP contribution is 2.41. The molecule has 0 radical (unpaired) electrons. The summed E-state index contributed by atoms with van der Waals surface area (Å²) in [4.78, 5) is 27.3. The van der Waals surface area contributed by atoms with Gasteiger partial charge in [-0.05, 0) is 45.2 Å². The quantitative estimate of drug-likeness (QED) is 0.879. The van der Waals surface area contributed by atoms with E-state index in [0.717, 1.165) is 49.5 Å². The first kappa shape index (κ1) is 17.0. The first-order valence-corrected chi connectivity index (χ1v) is 8.52. The lowest BCUT2D eigenvalue weighted by atomic mass is 9.77. The molecule has 24 heavy (non-hydrogen) atoms. The Morgan fingerprint density at radius 2 is 2.04 bits per heavy atom. The highest BCUT2D eigenvalue weighted by atomic mass is 16.5. The zero-order chi connectivity index (χ0) is 17.3. The van der Waals surface area contributed by atoms with Gasteiger partial charge in [0.25, 0.3) is 0 Å². The molecule has 0 saturated carbocycles. The van der Waals surface area contributed by atoms with Crippen molar-refractivity contribution in [1.29, 1.82) is 0 Å². The third-order valence-corrected chi connectivity index (χ3v) is 5.49. The predicted octanol–water partition coefficient (Wildman–Crippen LogP) is 1.58. The number of aryl methyl sites for hydroxylation is 2. The maximum Gasteiger partial charge on any atom is 0.304 e. The summed E-state index contributed by atoms with van der Waals surface area (Å²) in [6.45, 7) is 7.49. The number of carboxylic acid groups (broad SMARTS) is 1. The molecule has 1 amide bonds. The number of carbonyl (C=O) groups is 2. The summed E-state index contributed by atoms with van der Waals surface area (Å²) in [7, 11) is 0. The van der Waals surface area contributed by atoms with Crippen molar-refractivity contribution in [3.63, 3.8) is 0 Å². The van der Waals surface area contributed by atoms with Crippen LogP contribution in [-0.2, 0) is 16.1 Å². The van der Waals surface area contributed by atoms with Gasteiger partial charge >= 0.3 is 5.97 Å². The third-order valence-electron chi connectivity index (χ3n) is 5.49. The summed E-state index contributed by atoms with van der Waals surface area (Å²) in [6.07, 6.45) is 2.69. The molecule has 1 spiro atoms. The number of carbonyl (C=O) groups excluding carboxylic acids is 1. The van der Waals surface area contributed by atoms with E-state index in [9.17, 15) is 9.59 Å². The van der Waals surface area contributed by atoms with Gasteiger partial charge in [0, 0.05) is 25.1 Å². The van der Waals surface area contributed by atoms with Gasteiger partial charge in [-0.25, -0.2) is 0 Å². The average molecular weight is 335 g/mol. The largest absolute Gasteiger partial charge is 0.481 e. The highest BCUT2D eigenvalue weighted by molar-refractivity contribution is 5.79. The van der Waals surface area contributed by atoms with Crippen LogP contribution in [0.3, 0.4) is 0 Å². The molecule has 2 saturated heterocycles. The molecule has 0 aliphatic carbocycles. The van der Waals surface area contributed by atoms with E-state index in [1.165, 1.54) is 0 Å². The van der Waals surface area contributed by atoms with E-state index < -0.39 is 5.97 Å². The predicted molar refractivity (Wildman–Crippen MR) is 86.4 cm³/mol. The van der Waals surface area contributed by atoms with Crippen molar-refractivity contribution in [2.75, 3.05) is 26.2 Å². The minimum absolute atomic E-state index is 0.0514. The Kier molecular flexibility index (Phi) is 4.62. The minimum atomic E-state index is -0.753. The Balaban J connectivity index is 1.58. The molecule has 1 aromatic rings. The van der Waals surface area contributed by atoms with Crippen molar-refractivity contribution in [2.45, 2.75) is 46.1 Å². The molecular weight excluding hydrogens is 310 g/mol. The second-order valence-corrected chi connectivity index (χ2v) is 7.21. The van der Waals surface area contributed by atoms with Gasteiger partial charge in [0.1, 0.15) is 5.76 Å². The van der Waals surface area contributed by atoms with Crippen LogP contribution >= 0.6 is 0 Å². The standard InChI is InChI=1S/C17H25N3O4/c1-12-14(13(2)24-18-12)10-20-11-17(9-15(20)21)4-7-19(8-5-17)6-3-16(22)23/h3-11H2,1-2H3,(H,22,23). The van der Waals surface area contributed by atoms with Gasteiger partial charge in [-0.3, -0.25) is 9.59 Å². The maximum atomic E-state index is 12.5. The van der Waals surface area contributed by atoms with Gasteiger partial charge in [-0.1, -0.05) is 5.16 Å². The smallest absolute Gasteiger partial charge is 0.304 e. The Morgan fingerprint density at radius 3 is 2.62 bits per heavy atom. The second-order valence-electron chi connectivity index (χ2n) is 7.21.